The van der Waals surface area contributed by atoms with Crippen LogP contribution in [0.3, 0.4) is 0 Å². The van der Waals surface area contributed by atoms with Crippen molar-refractivity contribution in [2.24, 2.45) is 26.9 Å². The third kappa shape index (κ3) is 21.5. The molecule has 39 heteroatoms. The fourth-order valence-electron chi connectivity index (χ4n) is 13.1. The van der Waals surface area contributed by atoms with E-state index in [1.54, 1.807) is 127 Å². The minimum atomic E-state index is -3.63. The number of aryl methyl sites for hydroxylation is 3. The number of carboxylic acids is 1. The molecule has 9 heterocycles. The highest BCUT2D eigenvalue weighted by Crippen LogP contribution is 2.42. The molecule has 0 aliphatic carbocycles. The number of amides is 6. The Kier molecular flexibility index (Phi) is 27.5. The summed E-state index contributed by atoms with van der Waals surface area (Å²) in [5, 5.41) is 32.5. The molecule has 0 saturated carbocycles. The molecule has 7 N–H and O–H groups in total. The number of hydrogen-bond acceptors (Lipinski definition) is 14. The topological polar surface area (TPSA) is 340 Å². The monoisotopic (exact) mass is 1800 g/mol. The molecule has 3 fully saturated rings. The lowest BCUT2D eigenvalue weighted by molar-refractivity contribution is -0.162. The van der Waals surface area contributed by atoms with Crippen molar-refractivity contribution in [1.29, 1.82) is 0 Å². The van der Waals surface area contributed by atoms with Crippen LogP contribution >= 0.6 is 22.6 Å². The fraction of sp³-hybridized carbons (Fsp3) is 0.256. The largest absolute Gasteiger partial charge is 0.477 e. The van der Waals surface area contributed by atoms with Crippen molar-refractivity contribution in [3.63, 3.8) is 0 Å². The number of anilines is 2. The molecule has 27 nitrogen and oxygen atoms in total. The lowest BCUT2D eigenvalue weighted by atomic mass is 9.99. The quantitative estimate of drug-likeness (QED) is 0.0410. The van der Waals surface area contributed by atoms with Crippen LogP contribution in [0.4, 0.5) is 59.7 Å². The van der Waals surface area contributed by atoms with Crippen LogP contribution < -0.4 is 53.5 Å². The van der Waals surface area contributed by atoms with Gasteiger partial charge in [-0.1, -0.05) is 36.4 Å². The average molecular weight is 1800 g/mol. The predicted molar refractivity (Wildman–Crippen MR) is 432 cm³/mol. The molecule has 0 radical (unpaired) electrons. The van der Waals surface area contributed by atoms with E-state index >= 15 is 0 Å². The molecule has 0 bridgehead atoms. The summed E-state index contributed by atoms with van der Waals surface area (Å²) in [5.74, 6) is -23.4. The number of fused-ring (bicyclic) bond motifs is 3. The van der Waals surface area contributed by atoms with Crippen molar-refractivity contribution in [3.05, 3.63) is 270 Å². The van der Waals surface area contributed by atoms with E-state index in [0.717, 1.165) is 16.6 Å². The van der Waals surface area contributed by atoms with Crippen molar-refractivity contribution in [2.45, 2.75) is 107 Å². The Morgan fingerprint density at radius 2 is 0.719 bits per heavy atom. The first-order valence-corrected chi connectivity index (χ1v) is 37.6. The molecule has 3 saturated heterocycles. The summed E-state index contributed by atoms with van der Waals surface area (Å²) in [6, 6.07) is 37.0. The second-order valence-electron chi connectivity index (χ2n) is 28.2. The van der Waals surface area contributed by atoms with E-state index < -0.39 is 101 Å². The number of nitrogens with zero attached hydrogens (tertiary/aromatic N) is 11. The van der Waals surface area contributed by atoms with Crippen molar-refractivity contribution in [2.75, 3.05) is 16.8 Å². The summed E-state index contributed by atoms with van der Waals surface area (Å²) in [7, 11) is 6.50. The lowest BCUT2D eigenvalue weighted by Gasteiger charge is -2.29. The zero-order valence-corrected chi connectivity index (χ0v) is 67.4. The number of nitrogens with one attached hydrogen (secondary N) is 4. The Labute approximate surface area is 693 Å². The number of pyridine rings is 3. The van der Waals surface area contributed by atoms with Crippen LogP contribution in [-0.2, 0) is 54.7 Å². The molecular formula is C82H76F11IN16O11. The smallest absolute Gasteiger partial charge is 0.374 e. The third-order valence-corrected chi connectivity index (χ3v) is 19.7. The first-order chi connectivity index (χ1) is 56.9. The highest BCUT2D eigenvalue weighted by Gasteiger charge is 2.48. The lowest BCUT2D eigenvalue weighted by Crippen LogP contribution is -2.46. The molecule has 0 unspecified atom stereocenters. The van der Waals surface area contributed by atoms with Gasteiger partial charge >= 0.3 is 29.7 Å². The number of carbonyl (C=O) groups excluding carboxylic acids is 6. The van der Waals surface area contributed by atoms with E-state index in [0.29, 0.717) is 88.9 Å². The zero-order valence-electron chi connectivity index (χ0n) is 65.2. The van der Waals surface area contributed by atoms with Gasteiger partial charge in [0.15, 0.2) is 0 Å². The molecule has 6 aromatic heterocycles. The standard InChI is InChI=1S/2C26H22F3N5O3.C13H13F3N2O2.C13H10IN3O.C3H4F2O2.CH5N/c2*1-26(28,29)25(37)31-20-12-23(36)33(24(20)15-3-5-17(27)6-4-15)18-7-9-21-16(11-18)13-30-34(21)19-8-10-22(35)32(2)14-19;1-13(15,16)12(20)17-9-6-10(19)18-11(9)7-2-4-8(14)5-3-7;1-16-8-11(3-5-13(16)18)17-12-4-2-10(14)6-9(12)7-15-17;1-3(4,5)2(6)7;1-2/h2*3-11,13-14,20,24H,12H2,1-2H3,(H,31,37);2-5,9,11H,6H2,1H3,(H,17,20)(H,18,19);2-8H,1H3;1H3,(H,6,7);2H2,1H3/t2*20-,24+;9-,11+;;;/m100.../s1. The van der Waals surface area contributed by atoms with Crippen LogP contribution in [0.1, 0.15) is 81.8 Å². The van der Waals surface area contributed by atoms with Crippen LogP contribution in [0.2, 0.25) is 0 Å². The number of carboxylic acid groups (broad SMARTS) is 1. The van der Waals surface area contributed by atoms with E-state index in [-0.39, 0.29) is 53.7 Å². The van der Waals surface area contributed by atoms with E-state index in [9.17, 15) is 96.2 Å². The van der Waals surface area contributed by atoms with E-state index in [1.807, 2.05) is 23.0 Å². The van der Waals surface area contributed by atoms with Crippen molar-refractivity contribution in [1.82, 2.24) is 64.3 Å². The molecule has 121 heavy (non-hydrogen) atoms. The van der Waals surface area contributed by atoms with Gasteiger partial charge < -0.3 is 55.6 Å². The van der Waals surface area contributed by atoms with Crippen molar-refractivity contribution in [3.8, 4) is 17.1 Å². The minimum Gasteiger partial charge on any atom is -0.477 e. The molecule has 3 aliphatic rings. The summed E-state index contributed by atoms with van der Waals surface area (Å²) < 4.78 is 154. The van der Waals surface area contributed by atoms with Crippen molar-refractivity contribution < 1.29 is 87.0 Å². The van der Waals surface area contributed by atoms with Gasteiger partial charge in [0.25, 0.3) is 17.7 Å². The Morgan fingerprint density at radius 1 is 0.421 bits per heavy atom. The highest BCUT2D eigenvalue weighted by molar-refractivity contribution is 14.1. The van der Waals surface area contributed by atoms with Gasteiger partial charge in [0.05, 0.1) is 88.5 Å². The third-order valence-electron chi connectivity index (χ3n) is 19.1. The van der Waals surface area contributed by atoms with Gasteiger partial charge in [0.1, 0.15) is 17.5 Å². The molecule has 3 aliphatic heterocycles. The summed E-state index contributed by atoms with van der Waals surface area (Å²) in [6.07, 6.45) is 9.61. The number of rotatable bonds is 15. The van der Waals surface area contributed by atoms with Gasteiger partial charge in [-0.25, -0.2) is 32.0 Å². The number of benzene rings is 6. The Balaban J connectivity index is 0.000000170. The number of alkyl halides is 8. The van der Waals surface area contributed by atoms with Gasteiger partial charge in [0.2, 0.25) is 34.4 Å². The summed E-state index contributed by atoms with van der Waals surface area (Å²) in [6.45, 7) is 1.79. The predicted octanol–water partition coefficient (Wildman–Crippen LogP) is 11.1. The molecule has 12 aromatic rings. The Bertz CT molecular complexity index is 5820. The SMILES string of the molecule is CC(F)(F)C(=O)N[C@H]1CC(=O)N[C@@H]1c1ccc(F)cc1.CC(F)(F)C(=O)O.CN.Cn1cc(-n2ncc3cc(I)ccc32)ccc1=O.Cn1cc(-n2ncc3cc(N4C(=O)C[C@@H](NC(=O)C(C)(F)F)[C@@H]4c4ccc(F)cc4)ccc32)ccc1=O.Cn1cc(-n2ncc3cc(N4C(=O)C[C@H](NC(=O)C(C)(F)F)[C@H]4c4ccc(F)cc4)ccc32)ccc1=O. The first kappa shape index (κ1) is 90.1. The van der Waals surface area contributed by atoms with Gasteiger partial charge in [-0.2, -0.15) is 50.4 Å². The van der Waals surface area contributed by atoms with Gasteiger partial charge in [-0.05, 0) is 156 Å². The fourth-order valence-corrected chi connectivity index (χ4v) is 13.7. The van der Waals surface area contributed by atoms with E-state index in [1.165, 1.54) is 114 Å². The summed E-state index contributed by atoms with van der Waals surface area (Å²) in [4.78, 5) is 120. The van der Waals surface area contributed by atoms with Gasteiger partial charge in [-0.15, -0.1) is 0 Å². The van der Waals surface area contributed by atoms with Crippen LogP contribution in [0, 0.1) is 21.0 Å². The molecule has 6 amide bonds. The van der Waals surface area contributed by atoms with Crippen LogP contribution in [0.15, 0.2) is 215 Å². The van der Waals surface area contributed by atoms with Gasteiger partial charge in [-0.3, -0.25) is 43.2 Å². The average Bonchev–Trinajstić information content (AvgIpc) is 1.61. The number of halogens is 12. The normalized spacial score (nSPS) is 17.0. The zero-order chi connectivity index (χ0) is 88.7. The summed E-state index contributed by atoms with van der Waals surface area (Å²) >= 11 is 2.28. The molecule has 634 valence electrons. The number of carbonyl (C=O) groups is 7. The molecule has 6 atom stereocenters. The Morgan fingerprint density at radius 3 is 1.03 bits per heavy atom. The molecular weight excluding hydrogens is 1720 g/mol. The maximum Gasteiger partial charge on any atom is 0.374 e. The summed E-state index contributed by atoms with van der Waals surface area (Å²) in [5.41, 5.74) is 11.3. The first-order valence-electron chi connectivity index (χ1n) is 36.5. The molecule has 0 spiro atoms. The number of nitrogens with two attached hydrogens (primary N) is 1. The van der Waals surface area contributed by atoms with Crippen molar-refractivity contribution >= 4 is 108 Å². The molecule has 6 aromatic carbocycles. The van der Waals surface area contributed by atoms with E-state index in [4.69, 9.17) is 5.11 Å². The maximum absolute atomic E-state index is 13.6. The Hall–Kier alpha value is -13.2. The number of aliphatic carboxylic acids is 1. The van der Waals surface area contributed by atoms with Crippen LogP contribution in [-0.4, -0.2) is 138 Å². The number of aromatic nitrogens is 9. The maximum atomic E-state index is 13.6. The second kappa shape index (κ2) is 37.0. The second-order valence-corrected chi connectivity index (χ2v) is 29.4. The van der Waals surface area contributed by atoms with Crippen LogP contribution in [0.5, 0.6) is 0 Å². The van der Waals surface area contributed by atoms with Crippen LogP contribution in [0.25, 0.3) is 49.8 Å². The molecule has 15 rings (SSSR count). The highest BCUT2D eigenvalue weighted by atomic mass is 127. The number of hydrogen-bond donors (Lipinski definition) is 6. The van der Waals surface area contributed by atoms with Gasteiger partial charge in [0, 0.05) is 136 Å². The van der Waals surface area contributed by atoms with E-state index in [2.05, 4.69) is 71.0 Å². The minimum absolute atomic E-state index is 0.0234.